The van der Waals surface area contributed by atoms with Crippen molar-refractivity contribution in [2.75, 3.05) is 5.32 Å². The third-order valence-corrected chi connectivity index (χ3v) is 4.83. The van der Waals surface area contributed by atoms with Crippen LogP contribution in [-0.4, -0.2) is 6.04 Å². The van der Waals surface area contributed by atoms with Crippen molar-refractivity contribution in [2.45, 2.75) is 38.1 Å². The standard InChI is InChI=1S/C18H19BrN2/c19-16-8-6-14-11-17(9-7-13(14)10-16)21-18-5-3-1-2-4-15(18)12-20/h6-11,15,18,21H,1-5H2. The summed E-state index contributed by atoms with van der Waals surface area (Å²) >= 11 is 3.50. The fourth-order valence-electron chi connectivity index (χ4n) is 3.16. The molecule has 0 bridgehead atoms. The molecule has 0 spiro atoms. The predicted octanol–water partition coefficient (Wildman–Crippen LogP) is 5.49. The second-order valence-corrected chi connectivity index (χ2v) is 6.75. The molecule has 0 aromatic heterocycles. The van der Waals surface area contributed by atoms with E-state index in [0.717, 1.165) is 23.0 Å². The van der Waals surface area contributed by atoms with E-state index in [-0.39, 0.29) is 12.0 Å². The van der Waals surface area contributed by atoms with Crippen LogP contribution < -0.4 is 5.32 Å². The maximum Gasteiger partial charge on any atom is 0.0677 e. The lowest BCUT2D eigenvalue weighted by Crippen LogP contribution is -2.27. The number of hydrogen-bond donors (Lipinski definition) is 1. The monoisotopic (exact) mass is 342 g/mol. The quantitative estimate of drug-likeness (QED) is 0.732. The number of nitrogens with zero attached hydrogens (tertiary/aromatic N) is 1. The minimum Gasteiger partial charge on any atom is -0.381 e. The van der Waals surface area contributed by atoms with E-state index in [2.05, 4.69) is 63.7 Å². The number of rotatable bonds is 2. The first-order valence-electron chi connectivity index (χ1n) is 7.62. The Labute approximate surface area is 134 Å². The molecule has 0 aliphatic heterocycles. The van der Waals surface area contributed by atoms with Gasteiger partial charge in [-0.25, -0.2) is 0 Å². The van der Waals surface area contributed by atoms with Gasteiger partial charge in [0.2, 0.25) is 0 Å². The van der Waals surface area contributed by atoms with Crippen LogP contribution in [-0.2, 0) is 0 Å². The first kappa shape index (κ1) is 14.4. The predicted molar refractivity (Wildman–Crippen MR) is 91.2 cm³/mol. The van der Waals surface area contributed by atoms with Crippen molar-refractivity contribution in [2.24, 2.45) is 5.92 Å². The molecule has 2 aromatic rings. The molecule has 3 heteroatoms. The van der Waals surface area contributed by atoms with Crippen LogP contribution in [0.5, 0.6) is 0 Å². The van der Waals surface area contributed by atoms with Gasteiger partial charge in [0.1, 0.15) is 0 Å². The van der Waals surface area contributed by atoms with Crippen molar-refractivity contribution in [3.8, 4) is 6.07 Å². The molecule has 2 atom stereocenters. The number of hydrogen-bond acceptors (Lipinski definition) is 2. The summed E-state index contributed by atoms with van der Waals surface area (Å²) in [6.07, 6.45) is 5.77. The van der Waals surface area contributed by atoms with Crippen molar-refractivity contribution in [3.05, 3.63) is 40.9 Å². The Morgan fingerprint density at radius 1 is 1.00 bits per heavy atom. The molecule has 0 radical (unpaired) electrons. The first-order valence-corrected chi connectivity index (χ1v) is 8.41. The topological polar surface area (TPSA) is 35.8 Å². The van der Waals surface area contributed by atoms with Crippen LogP contribution in [0, 0.1) is 17.2 Å². The zero-order valence-corrected chi connectivity index (χ0v) is 13.6. The van der Waals surface area contributed by atoms with Gasteiger partial charge in [-0.3, -0.25) is 0 Å². The highest BCUT2D eigenvalue weighted by Crippen LogP contribution is 2.28. The molecule has 21 heavy (non-hydrogen) atoms. The van der Waals surface area contributed by atoms with Crippen LogP contribution in [0.15, 0.2) is 40.9 Å². The molecule has 1 N–H and O–H groups in total. The normalized spacial score (nSPS) is 22.5. The minimum absolute atomic E-state index is 0.133. The second kappa shape index (κ2) is 6.49. The lowest BCUT2D eigenvalue weighted by molar-refractivity contribution is 0.514. The summed E-state index contributed by atoms with van der Waals surface area (Å²) in [5, 5.41) is 15.4. The van der Waals surface area contributed by atoms with E-state index >= 15 is 0 Å². The van der Waals surface area contributed by atoms with Gasteiger partial charge in [-0.2, -0.15) is 5.26 Å². The molecule has 0 heterocycles. The van der Waals surface area contributed by atoms with Crippen molar-refractivity contribution in [1.29, 1.82) is 5.26 Å². The van der Waals surface area contributed by atoms with Crippen molar-refractivity contribution < 1.29 is 0 Å². The van der Waals surface area contributed by atoms with Crippen LogP contribution >= 0.6 is 15.9 Å². The Balaban J connectivity index is 1.83. The summed E-state index contributed by atoms with van der Waals surface area (Å²) in [5.74, 6) is 0.133. The number of benzene rings is 2. The Morgan fingerprint density at radius 3 is 2.62 bits per heavy atom. The Kier molecular flexibility index (Phi) is 4.45. The lowest BCUT2D eigenvalue weighted by Gasteiger charge is -2.22. The maximum absolute atomic E-state index is 9.37. The Morgan fingerprint density at radius 2 is 1.76 bits per heavy atom. The SMILES string of the molecule is N#CC1CCCCCC1Nc1ccc2cc(Br)ccc2c1. The molecule has 1 saturated carbocycles. The average Bonchev–Trinajstić information content (AvgIpc) is 2.72. The number of halogens is 1. The molecule has 1 aliphatic rings. The van der Waals surface area contributed by atoms with Gasteiger partial charge in [0, 0.05) is 16.2 Å². The van der Waals surface area contributed by atoms with Gasteiger partial charge in [0.15, 0.2) is 0 Å². The third kappa shape index (κ3) is 3.39. The number of nitrogens with one attached hydrogen (secondary N) is 1. The van der Waals surface area contributed by atoms with Gasteiger partial charge in [-0.15, -0.1) is 0 Å². The van der Waals surface area contributed by atoms with Gasteiger partial charge in [0.05, 0.1) is 12.0 Å². The van der Waals surface area contributed by atoms with E-state index in [1.54, 1.807) is 0 Å². The molecule has 2 unspecified atom stereocenters. The van der Waals surface area contributed by atoms with Crippen LogP contribution in [0.3, 0.4) is 0 Å². The fraction of sp³-hybridized carbons (Fsp3) is 0.389. The van der Waals surface area contributed by atoms with Gasteiger partial charge < -0.3 is 5.32 Å². The molecule has 1 fully saturated rings. The summed E-state index contributed by atoms with van der Waals surface area (Å²) < 4.78 is 1.10. The fourth-order valence-corrected chi connectivity index (χ4v) is 3.53. The highest BCUT2D eigenvalue weighted by molar-refractivity contribution is 9.10. The zero-order valence-electron chi connectivity index (χ0n) is 12.0. The van der Waals surface area contributed by atoms with Gasteiger partial charge >= 0.3 is 0 Å². The molecule has 2 aromatic carbocycles. The molecule has 1 aliphatic carbocycles. The van der Waals surface area contributed by atoms with Crippen molar-refractivity contribution in [1.82, 2.24) is 0 Å². The molecule has 0 amide bonds. The molecule has 108 valence electrons. The maximum atomic E-state index is 9.37. The average molecular weight is 343 g/mol. The summed E-state index contributed by atoms with van der Waals surface area (Å²) in [6, 6.07) is 15.5. The Hall–Kier alpha value is -1.53. The number of nitriles is 1. The van der Waals surface area contributed by atoms with E-state index in [4.69, 9.17) is 0 Å². The van der Waals surface area contributed by atoms with E-state index in [9.17, 15) is 5.26 Å². The Bertz CT molecular complexity index is 674. The summed E-state index contributed by atoms with van der Waals surface area (Å²) in [7, 11) is 0. The van der Waals surface area contributed by atoms with E-state index in [0.29, 0.717) is 0 Å². The summed E-state index contributed by atoms with van der Waals surface area (Å²) in [5.41, 5.74) is 1.12. The molecule has 2 nitrogen and oxygen atoms in total. The van der Waals surface area contributed by atoms with Crippen molar-refractivity contribution >= 4 is 32.4 Å². The second-order valence-electron chi connectivity index (χ2n) is 5.83. The summed E-state index contributed by atoms with van der Waals surface area (Å²) in [6.45, 7) is 0. The number of fused-ring (bicyclic) bond motifs is 1. The molecular formula is C18H19BrN2. The molecular weight excluding hydrogens is 324 g/mol. The zero-order chi connectivity index (χ0) is 14.7. The van der Waals surface area contributed by atoms with E-state index in [1.807, 2.05) is 0 Å². The highest BCUT2D eigenvalue weighted by Gasteiger charge is 2.23. The van der Waals surface area contributed by atoms with Gasteiger partial charge in [-0.1, -0.05) is 47.3 Å². The van der Waals surface area contributed by atoms with Crippen LogP contribution in [0.4, 0.5) is 5.69 Å². The summed E-state index contributed by atoms with van der Waals surface area (Å²) in [4.78, 5) is 0. The van der Waals surface area contributed by atoms with Crippen LogP contribution in [0.25, 0.3) is 10.8 Å². The lowest BCUT2D eigenvalue weighted by atomic mass is 9.96. The first-order chi connectivity index (χ1) is 10.3. The van der Waals surface area contributed by atoms with Gasteiger partial charge in [-0.05, 0) is 47.9 Å². The van der Waals surface area contributed by atoms with E-state index < -0.39 is 0 Å². The van der Waals surface area contributed by atoms with Crippen LogP contribution in [0.1, 0.15) is 32.1 Å². The smallest absolute Gasteiger partial charge is 0.0677 e. The largest absolute Gasteiger partial charge is 0.381 e. The molecule has 3 rings (SSSR count). The molecule has 0 saturated heterocycles. The number of anilines is 1. The minimum atomic E-state index is 0.133. The van der Waals surface area contributed by atoms with Crippen molar-refractivity contribution in [3.63, 3.8) is 0 Å². The highest BCUT2D eigenvalue weighted by atomic mass is 79.9. The van der Waals surface area contributed by atoms with Crippen LogP contribution in [0.2, 0.25) is 0 Å². The third-order valence-electron chi connectivity index (χ3n) is 4.34. The van der Waals surface area contributed by atoms with E-state index in [1.165, 1.54) is 30.0 Å². The van der Waals surface area contributed by atoms with Gasteiger partial charge in [0.25, 0.3) is 0 Å².